The van der Waals surface area contributed by atoms with Gasteiger partial charge in [0.1, 0.15) is 11.5 Å². The number of methoxy groups -OCH3 is 1. The highest BCUT2D eigenvalue weighted by Crippen LogP contribution is 2.27. The van der Waals surface area contributed by atoms with Crippen LogP contribution in [-0.2, 0) is 14.6 Å². The zero-order valence-corrected chi connectivity index (χ0v) is 17.0. The Bertz CT molecular complexity index is 1010. The number of sulfone groups is 1. The second kappa shape index (κ2) is 9.40. The summed E-state index contributed by atoms with van der Waals surface area (Å²) in [6.45, 7) is -2.08. The Balaban J connectivity index is 1.83. The van der Waals surface area contributed by atoms with Crippen LogP contribution in [0.15, 0.2) is 47.4 Å². The largest absolute Gasteiger partial charge is 0.496 e. The minimum absolute atomic E-state index is 0.00132. The lowest BCUT2D eigenvalue weighted by molar-refractivity contribution is -0.0498. The van der Waals surface area contributed by atoms with E-state index in [4.69, 9.17) is 9.47 Å². The van der Waals surface area contributed by atoms with Gasteiger partial charge in [0.15, 0.2) is 9.84 Å². The van der Waals surface area contributed by atoms with Gasteiger partial charge in [0.2, 0.25) is 0 Å². The normalized spacial score (nSPS) is 16.5. The zero-order valence-electron chi connectivity index (χ0n) is 16.1. The van der Waals surface area contributed by atoms with Crippen molar-refractivity contribution < 1.29 is 36.2 Å². The molecule has 2 aromatic rings. The molecule has 0 bridgehead atoms. The maximum Gasteiger partial charge on any atom is 0.387 e. The minimum Gasteiger partial charge on any atom is -0.496 e. The monoisotopic (exact) mass is 441 g/mol. The lowest BCUT2D eigenvalue weighted by atomic mass is 10.1. The molecule has 7 nitrogen and oxygen atoms in total. The van der Waals surface area contributed by atoms with E-state index in [2.05, 4.69) is 10.1 Å². The minimum atomic E-state index is -3.64. The molecule has 1 saturated heterocycles. The van der Waals surface area contributed by atoms with Gasteiger partial charge in [-0.15, -0.1) is 0 Å². The number of carbonyl (C=O) groups excluding carboxylic acids is 1. The summed E-state index contributed by atoms with van der Waals surface area (Å²) in [7, 11) is -2.28. The van der Waals surface area contributed by atoms with Crippen LogP contribution in [0.1, 0.15) is 16.8 Å². The van der Waals surface area contributed by atoms with Gasteiger partial charge < -0.3 is 19.5 Å². The van der Waals surface area contributed by atoms with Gasteiger partial charge >= 0.3 is 6.61 Å². The second-order valence-electron chi connectivity index (χ2n) is 6.73. The van der Waals surface area contributed by atoms with Crippen LogP contribution in [0, 0.1) is 5.92 Å². The number of hydrogen-bond acceptors (Lipinski definition) is 6. The Morgan fingerprint density at radius 1 is 1.27 bits per heavy atom. The molecule has 1 N–H and O–H groups in total. The molecule has 1 heterocycles. The van der Waals surface area contributed by atoms with Crippen molar-refractivity contribution >= 4 is 21.4 Å². The molecule has 1 atom stereocenters. The Kier molecular flexibility index (Phi) is 6.88. The number of benzene rings is 2. The summed E-state index contributed by atoms with van der Waals surface area (Å²) < 4.78 is 65.0. The molecule has 30 heavy (non-hydrogen) atoms. The Morgan fingerprint density at radius 2 is 2.07 bits per heavy atom. The summed E-state index contributed by atoms with van der Waals surface area (Å²) in [4.78, 5) is 12.8. The molecule has 0 aliphatic carbocycles. The molecule has 162 valence electrons. The molecule has 3 rings (SSSR count). The van der Waals surface area contributed by atoms with E-state index in [1.54, 1.807) is 0 Å². The predicted molar refractivity (Wildman–Crippen MR) is 105 cm³/mol. The number of nitrogens with one attached hydrogen (secondary N) is 1. The molecule has 0 saturated carbocycles. The third-order valence-electron chi connectivity index (χ3n) is 4.57. The maximum absolute atomic E-state index is 12.8. The maximum atomic E-state index is 12.8. The SMILES string of the molecule is COc1ccc(S(=O)(=O)C[C@H]2CCOC2)cc1C(=O)Nc1cccc(OC(F)F)c1. The smallest absolute Gasteiger partial charge is 0.387 e. The number of amides is 1. The van der Waals surface area contributed by atoms with E-state index < -0.39 is 22.4 Å². The zero-order chi connectivity index (χ0) is 21.7. The number of anilines is 1. The predicted octanol–water partition coefficient (Wildman–Crippen LogP) is 3.36. The third kappa shape index (κ3) is 5.45. The van der Waals surface area contributed by atoms with E-state index >= 15 is 0 Å². The van der Waals surface area contributed by atoms with Crippen LogP contribution in [0.3, 0.4) is 0 Å². The molecule has 1 aliphatic heterocycles. The quantitative estimate of drug-likeness (QED) is 0.676. The lowest BCUT2D eigenvalue weighted by Gasteiger charge is -2.13. The van der Waals surface area contributed by atoms with E-state index in [1.807, 2.05) is 0 Å². The number of ether oxygens (including phenoxy) is 3. The number of halogens is 2. The summed E-state index contributed by atoms with van der Waals surface area (Å²) in [5, 5.41) is 2.54. The van der Waals surface area contributed by atoms with Crippen molar-refractivity contribution in [3.05, 3.63) is 48.0 Å². The van der Waals surface area contributed by atoms with Gasteiger partial charge in [-0.1, -0.05) is 6.07 Å². The van der Waals surface area contributed by atoms with Crippen LogP contribution in [0.5, 0.6) is 11.5 Å². The first-order valence-corrected chi connectivity index (χ1v) is 10.8. The van der Waals surface area contributed by atoms with Crippen LogP contribution in [0.2, 0.25) is 0 Å². The molecule has 2 aromatic carbocycles. The lowest BCUT2D eigenvalue weighted by Crippen LogP contribution is -2.18. The van der Waals surface area contributed by atoms with Crippen LogP contribution in [0.25, 0.3) is 0 Å². The van der Waals surface area contributed by atoms with E-state index in [9.17, 15) is 22.0 Å². The van der Waals surface area contributed by atoms with Gasteiger partial charge in [0, 0.05) is 18.4 Å². The Labute approximate surface area is 172 Å². The standard InChI is InChI=1S/C20H21F2NO6S/c1-27-18-6-5-16(30(25,26)12-13-7-8-28-11-13)10-17(18)19(24)23-14-3-2-4-15(9-14)29-20(21)22/h2-6,9-10,13,20H,7-8,11-12H2,1H3,(H,23,24)/t13-/m0/s1. The van der Waals surface area contributed by atoms with Gasteiger partial charge in [-0.25, -0.2) is 8.42 Å². The van der Waals surface area contributed by atoms with Crippen LogP contribution in [-0.4, -0.2) is 47.0 Å². The molecule has 0 spiro atoms. The first-order valence-electron chi connectivity index (χ1n) is 9.13. The van der Waals surface area contributed by atoms with Gasteiger partial charge in [-0.3, -0.25) is 4.79 Å². The highest BCUT2D eigenvalue weighted by molar-refractivity contribution is 7.91. The molecule has 0 aromatic heterocycles. The molecule has 0 radical (unpaired) electrons. The van der Waals surface area contributed by atoms with Crippen molar-refractivity contribution in [1.29, 1.82) is 0 Å². The molecule has 1 amide bonds. The fraction of sp³-hybridized carbons (Fsp3) is 0.350. The molecule has 0 unspecified atom stereocenters. The van der Waals surface area contributed by atoms with Crippen molar-refractivity contribution in [2.75, 3.05) is 31.4 Å². The summed E-state index contributed by atoms with van der Waals surface area (Å²) in [5.41, 5.74) is 0.206. The highest BCUT2D eigenvalue weighted by Gasteiger charge is 2.26. The summed E-state index contributed by atoms with van der Waals surface area (Å²) in [6.07, 6.45) is 0.666. The fourth-order valence-electron chi connectivity index (χ4n) is 3.13. The molecule has 1 aliphatic rings. The number of hydrogen-bond donors (Lipinski definition) is 1. The second-order valence-corrected chi connectivity index (χ2v) is 8.77. The summed E-state index contributed by atoms with van der Waals surface area (Å²) >= 11 is 0. The average Bonchev–Trinajstić information content (AvgIpc) is 3.19. The molecular weight excluding hydrogens is 420 g/mol. The van der Waals surface area contributed by atoms with E-state index in [-0.39, 0.29) is 39.3 Å². The van der Waals surface area contributed by atoms with Crippen molar-refractivity contribution in [3.8, 4) is 11.5 Å². The number of rotatable bonds is 8. The molecule has 1 fully saturated rings. The van der Waals surface area contributed by atoms with Crippen LogP contribution >= 0.6 is 0 Å². The van der Waals surface area contributed by atoms with Crippen LogP contribution in [0.4, 0.5) is 14.5 Å². The van der Waals surface area contributed by atoms with Crippen molar-refractivity contribution in [2.24, 2.45) is 5.92 Å². The van der Waals surface area contributed by atoms with Crippen molar-refractivity contribution in [3.63, 3.8) is 0 Å². The van der Waals surface area contributed by atoms with E-state index in [0.29, 0.717) is 19.6 Å². The summed E-state index contributed by atoms with van der Waals surface area (Å²) in [6, 6.07) is 9.53. The molecule has 10 heteroatoms. The average molecular weight is 441 g/mol. The van der Waals surface area contributed by atoms with E-state index in [0.717, 1.165) is 0 Å². The van der Waals surface area contributed by atoms with Gasteiger partial charge in [0.25, 0.3) is 5.91 Å². The summed E-state index contributed by atoms with van der Waals surface area (Å²) in [5.74, 6) is -0.761. The van der Waals surface area contributed by atoms with Gasteiger partial charge in [-0.2, -0.15) is 8.78 Å². The topological polar surface area (TPSA) is 90.9 Å². The number of carbonyl (C=O) groups is 1. The van der Waals surface area contributed by atoms with Crippen molar-refractivity contribution in [2.45, 2.75) is 17.9 Å². The van der Waals surface area contributed by atoms with E-state index in [1.165, 1.54) is 49.6 Å². The Morgan fingerprint density at radius 3 is 2.73 bits per heavy atom. The number of alkyl halides is 2. The van der Waals surface area contributed by atoms with Gasteiger partial charge in [-0.05, 0) is 42.7 Å². The van der Waals surface area contributed by atoms with Gasteiger partial charge in [0.05, 0.1) is 29.9 Å². The first-order chi connectivity index (χ1) is 14.3. The highest BCUT2D eigenvalue weighted by atomic mass is 32.2. The van der Waals surface area contributed by atoms with Crippen LogP contribution < -0.4 is 14.8 Å². The Hall–Kier alpha value is -2.72. The van der Waals surface area contributed by atoms with Crippen molar-refractivity contribution in [1.82, 2.24) is 0 Å². The molecular formula is C20H21F2NO6S. The third-order valence-corrected chi connectivity index (χ3v) is 6.45. The fourth-order valence-corrected chi connectivity index (χ4v) is 4.78. The first kappa shape index (κ1) is 22.0.